The molecule has 1 atom stereocenters. The Labute approximate surface area is 176 Å². The molecule has 0 amide bonds. The van der Waals surface area contributed by atoms with Crippen LogP contribution in [-0.4, -0.2) is 49.7 Å². The van der Waals surface area contributed by atoms with Crippen molar-refractivity contribution in [2.24, 2.45) is 10.9 Å². The molecule has 2 N–H and O–H groups in total. The third-order valence-corrected chi connectivity index (χ3v) is 4.43. The van der Waals surface area contributed by atoms with Gasteiger partial charge in [-0.15, -0.1) is 24.0 Å². The van der Waals surface area contributed by atoms with Crippen LogP contribution < -0.4 is 15.4 Å². The average molecular weight is 474 g/mol. The number of nitrogens with zero attached hydrogens (tertiary/aromatic N) is 2. The number of para-hydroxylation sites is 1. The van der Waals surface area contributed by atoms with E-state index in [-0.39, 0.29) is 29.6 Å². The molecule has 1 fully saturated rings. The molecule has 2 rings (SSSR count). The first-order chi connectivity index (χ1) is 11.9. The van der Waals surface area contributed by atoms with Crippen molar-refractivity contribution in [1.29, 1.82) is 0 Å². The lowest BCUT2D eigenvalue weighted by atomic mass is 10.1. The highest BCUT2D eigenvalue weighted by Gasteiger charge is 2.21. The maximum atomic E-state index is 6.06. The van der Waals surface area contributed by atoms with E-state index in [1.54, 1.807) is 0 Å². The van der Waals surface area contributed by atoms with Gasteiger partial charge < -0.3 is 20.3 Å². The fourth-order valence-corrected chi connectivity index (χ4v) is 3.09. The number of aliphatic imine (C=N–C) groups is 1. The Morgan fingerprint density at radius 3 is 2.62 bits per heavy atom. The van der Waals surface area contributed by atoms with Crippen molar-refractivity contribution in [3.05, 3.63) is 29.8 Å². The van der Waals surface area contributed by atoms with Crippen LogP contribution in [0.3, 0.4) is 0 Å². The smallest absolute Gasteiger partial charge is 0.191 e. The largest absolute Gasteiger partial charge is 0.488 e. The lowest BCUT2D eigenvalue weighted by Crippen LogP contribution is -2.40. The molecule has 0 aliphatic carbocycles. The van der Waals surface area contributed by atoms with Gasteiger partial charge in [0.2, 0.25) is 0 Å². The minimum Gasteiger partial charge on any atom is -0.488 e. The highest BCUT2D eigenvalue weighted by molar-refractivity contribution is 14.0. The first-order valence-corrected chi connectivity index (χ1v) is 9.35. The zero-order chi connectivity index (χ0) is 18.3. The van der Waals surface area contributed by atoms with Gasteiger partial charge >= 0.3 is 0 Å². The molecule has 0 spiro atoms. The second kappa shape index (κ2) is 11.0. The molecule has 1 saturated heterocycles. The molecule has 0 bridgehead atoms. The topological polar surface area (TPSA) is 48.9 Å². The van der Waals surface area contributed by atoms with Crippen LogP contribution in [0.15, 0.2) is 29.3 Å². The minimum atomic E-state index is -0.205. The lowest BCUT2D eigenvalue weighted by molar-refractivity contribution is 0.129. The number of halogens is 1. The normalized spacial score (nSPS) is 18.3. The summed E-state index contributed by atoms with van der Waals surface area (Å²) in [4.78, 5) is 6.85. The van der Waals surface area contributed by atoms with E-state index < -0.39 is 0 Å². The quantitative estimate of drug-likeness (QED) is 0.377. The third kappa shape index (κ3) is 7.70. The molecule has 1 unspecified atom stereocenters. The van der Waals surface area contributed by atoms with Gasteiger partial charge in [0.05, 0.1) is 0 Å². The Kier molecular flexibility index (Phi) is 9.71. The van der Waals surface area contributed by atoms with Gasteiger partial charge in [0.25, 0.3) is 0 Å². The Morgan fingerprint density at radius 1 is 1.27 bits per heavy atom. The Hall–Kier alpha value is -1.02. The zero-order valence-corrected chi connectivity index (χ0v) is 19.2. The molecule has 148 valence electrons. The summed E-state index contributed by atoms with van der Waals surface area (Å²) >= 11 is 0. The molecule has 1 aliphatic rings. The lowest BCUT2D eigenvalue weighted by Gasteiger charge is -2.23. The molecule has 1 aliphatic heterocycles. The Bertz CT molecular complexity index is 571. The van der Waals surface area contributed by atoms with Crippen LogP contribution in [0, 0.1) is 5.92 Å². The Balaban J connectivity index is 0.00000338. The van der Waals surface area contributed by atoms with Gasteiger partial charge in [-0.3, -0.25) is 4.99 Å². The summed E-state index contributed by atoms with van der Waals surface area (Å²) in [6.45, 7) is 13.6. The molecular formula is C20H35IN4O. The summed E-state index contributed by atoms with van der Waals surface area (Å²) in [5, 5.41) is 6.87. The average Bonchev–Trinajstić information content (AvgIpc) is 3.03. The number of nitrogens with one attached hydrogen (secondary N) is 2. The number of guanidine groups is 1. The van der Waals surface area contributed by atoms with Crippen molar-refractivity contribution in [3.8, 4) is 5.75 Å². The standard InChI is InChI=1S/C20H34N4O.HI/c1-6-24-12-11-16(15-24)13-22-19(21-5)23-14-17-9-7-8-10-18(17)25-20(2,3)4;/h7-10,16H,6,11-15H2,1-5H3,(H2,21,22,23);1H. The van der Waals surface area contributed by atoms with E-state index in [0.29, 0.717) is 12.5 Å². The molecule has 5 nitrogen and oxygen atoms in total. The fourth-order valence-electron chi connectivity index (χ4n) is 3.09. The van der Waals surface area contributed by atoms with Crippen molar-refractivity contribution in [3.63, 3.8) is 0 Å². The van der Waals surface area contributed by atoms with Crippen LogP contribution in [0.4, 0.5) is 0 Å². The summed E-state index contributed by atoms with van der Waals surface area (Å²) < 4.78 is 6.06. The van der Waals surface area contributed by atoms with E-state index in [0.717, 1.165) is 30.4 Å². The van der Waals surface area contributed by atoms with E-state index in [1.807, 2.05) is 25.2 Å². The van der Waals surface area contributed by atoms with Crippen LogP contribution in [0.25, 0.3) is 0 Å². The minimum absolute atomic E-state index is 0. The van der Waals surface area contributed by atoms with Crippen LogP contribution in [0.1, 0.15) is 39.7 Å². The highest BCUT2D eigenvalue weighted by Crippen LogP contribution is 2.22. The Morgan fingerprint density at radius 2 is 2.00 bits per heavy atom. The van der Waals surface area contributed by atoms with Crippen LogP contribution in [-0.2, 0) is 6.54 Å². The molecule has 1 aromatic rings. The van der Waals surface area contributed by atoms with Gasteiger partial charge in [-0.2, -0.15) is 0 Å². The molecule has 1 aromatic carbocycles. The van der Waals surface area contributed by atoms with E-state index in [1.165, 1.54) is 19.5 Å². The van der Waals surface area contributed by atoms with Gasteiger partial charge in [0, 0.05) is 32.2 Å². The van der Waals surface area contributed by atoms with E-state index in [9.17, 15) is 0 Å². The first-order valence-electron chi connectivity index (χ1n) is 9.35. The molecule has 0 aromatic heterocycles. The van der Waals surface area contributed by atoms with Gasteiger partial charge in [-0.1, -0.05) is 25.1 Å². The number of hydrogen-bond donors (Lipinski definition) is 2. The zero-order valence-electron chi connectivity index (χ0n) is 16.8. The van der Waals surface area contributed by atoms with Crippen molar-refractivity contribution in [2.75, 3.05) is 33.2 Å². The van der Waals surface area contributed by atoms with Crippen molar-refractivity contribution < 1.29 is 4.74 Å². The monoisotopic (exact) mass is 474 g/mol. The van der Waals surface area contributed by atoms with Crippen molar-refractivity contribution in [1.82, 2.24) is 15.5 Å². The van der Waals surface area contributed by atoms with E-state index in [2.05, 4.69) is 54.3 Å². The number of likely N-dealkylation sites (tertiary alicyclic amines) is 1. The summed E-state index contributed by atoms with van der Waals surface area (Å²) in [5.41, 5.74) is 0.933. The number of benzene rings is 1. The van der Waals surface area contributed by atoms with E-state index >= 15 is 0 Å². The maximum absolute atomic E-state index is 6.06. The predicted octanol–water partition coefficient (Wildman–Crippen LogP) is 3.49. The second-order valence-electron chi connectivity index (χ2n) is 7.68. The van der Waals surface area contributed by atoms with Gasteiger partial charge in [-0.05, 0) is 52.3 Å². The molecule has 1 heterocycles. The summed E-state index contributed by atoms with van der Waals surface area (Å²) in [6, 6.07) is 8.17. The molecule has 0 saturated carbocycles. The van der Waals surface area contributed by atoms with E-state index in [4.69, 9.17) is 4.74 Å². The van der Waals surface area contributed by atoms with Crippen LogP contribution in [0.5, 0.6) is 5.75 Å². The summed E-state index contributed by atoms with van der Waals surface area (Å²) in [7, 11) is 1.82. The van der Waals surface area contributed by atoms with Crippen LogP contribution >= 0.6 is 24.0 Å². The maximum Gasteiger partial charge on any atom is 0.191 e. The van der Waals surface area contributed by atoms with Gasteiger partial charge in [0.1, 0.15) is 11.4 Å². The fraction of sp³-hybridized carbons (Fsp3) is 0.650. The third-order valence-electron chi connectivity index (χ3n) is 4.43. The van der Waals surface area contributed by atoms with Crippen molar-refractivity contribution >= 4 is 29.9 Å². The highest BCUT2D eigenvalue weighted by atomic mass is 127. The van der Waals surface area contributed by atoms with Gasteiger partial charge in [0.15, 0.2) is 5.96 Å². The molecule has 26 heavy (non-hydrogen) atoms. The number of rotatable bonds is 6. The van der Waals surface area contributed by atoms with Crippen molar-refractivity contribution in [2.45, 2.75) is 46.3 Å². The molecular weight excluding hydrogens is 439 g/mol. The molecule has 6 heteroatoms. The second-order valence-corrected chi connectivity index (χ2v) is 7.68. The summed E-state index contributed by atoms with van der Waals surface area (Å²) in [6.07, 6.45) is 1.26. The van der Waals surface area contributed by atoms with Gasteiger partial charge in [-0.25, -0.2) is 0 Å². The van der Waals surface area contributed by atoms with Crippen LogP contribution in [0.2, 0.25) is 0 Å². The number of hydrogen-bond acceptors (Lipinski definition) is 3. The number of ether oxygens (including phenoxy) is 1. The predicted molar refractivity (Wildman–Crippen MR) is 121 cm³/mol. The molecule has 0 radical (unpaired) electrons. The SMILES string of the molecule is CCN1CCC(CNC(=NC)NCc2ccccc2OC(C)(C)C)C1.I. The summed E-state index contributed by atoms with van der Waals surface area (Å²) in [5.74, 6) is 2.47. The first kappa shape index (κ1) is 23.0.